The van der Waals surface area contributed by atoms with Crippen molar-refractivity contribution in [2.45, 2.75) is 13.3 Å². The van der Waals surface area contributed by atoms with Crippen molar-refractivity contribution in [2.75, 3.05) is 6.54 Å². The molecule has 0 amide bonds. The summed E-state index contributed by atoms with van der Waals surface area (Å²) in [6, 6.07) is 2.07. The third-order valence-electron chi connectivity index (χ3n) is 1.33. The molecular weight excluding hydrogens is 156 g/mol. The molecule has 0 atom stereocenters. The molecule has 3 heteroatoms. The molecule has 0 spiro atoms. The molecule has 1 aromatic heterocycles. The van der Waals surface area contributed by atoms with E-state index in [9.17, 15) is 0 Å². The van der Waals surface area contributed by atoms with Crippen molar-refractivity contribution in [1.29, 1.82) is 0 Å². The lowest BCUT2D eigenvalue weighted by atomic mass is 10.2. The quantitative estimate of drug-likeness (QED) is 0.541. The highest BCUT2D eigenvalue weighted by molar-refractivity contribution is 7.07. The Hall–Kier alpha value is -0.830. The van der Waals surface area contributed by atoms with Crippen LogP contribution in [0.1, 0.15) is 12.5 Å². The number of aliphatic imine (C=N–C) groups is 1. The van der Waals surface area contributed by atoms with Crippen molar-refractivity contribution in [3.8, 4) is 0 Å². The molecule has 1 heterocycles. The number of hydrogen-bond donors (Lipinski definition) is 1. The zero-order valence-corrected chi connectivity index (χ0v) is 7.40. The normalized spacial score (nSPS) is 11.9. The maximum Gasteiger partial charge on any atom is 0.0981 e. The number of nitrogens with zero attached hydrogens (tertiary/aromatic N) is 1. The lowest BCUT2D eigenvalue weighted by Gasteiger charge is -1.95. The van der Waals surface area contributed by atoms with Crippen molar-refractivity contribution < 1.29 is 0 Å². The first kappa shape index (κ1) is 8.27. The standard InChI is InChI=1S/C8H12N2S/c1-2-10-8(9)5-7-3-4-11-6-7/h3-4,6H,2,5H2,1H3,(H2,9,10). The molecule has 1 rings (SSSR count). The maximum absolute atomic E-state index is 5.63. The van der Waals surface area contributed by atoms with E-state index in [1.165, 1.54) is 5.56 Å². The molecule has 0 aromatic carbocycles. The fraction of sp³-hybridized carbons (Fsp3) is 0.375. The molecule has 0 radical (unpaired) electrons. The van der Waals surface area contributed by atoms with Gasteiger partial charge in [0.25, 0.3) is 0 Å². The third kappa shape index (κ3) is 2.72. The SMILES string of the molecule is CCN=C(N)Cc1ccsc1. The topological polar surface area (TPSA) is 38.4 Å². The molecule has 2 nitrogen and oxygen atoms in total. The minimum Gasteiger partial charge on any atom is -0.387 e. The summed E-state index contributed by atoms with van der Waals surface area (Å²) < 4.78 is 0. The Morgan fingerprint density at radius 1 is 1.73 bits per heavy atom. The molecule has 11 heavy (non-hydrogen) atoms. The third-order valence-corrected chi connectivity index (χ3v) is 2.06. The van der Waals surface area contributed by atoms with Crippen LogP contribution in [-0.2, 0) is 6.42 Å². The molecule has 0 aliphatic carbocycles. The maximum atomic E-state index is 5.63. The van der Waals surface area contributed by atoms with E-state index < -0.39 is 0 Å². The average molecular weight is 168 g/mol. The van der Waals surface area contributed by atoms with Crippen LogP contribution in [0.2, 0.25) is 0 Å². The summed E-state index contributed by atoms with van der Waals surface area (Å²) in [5.74, 6) is 0.728. The Balaban J connectivity index is 2.50. The van der Waals surface area contributed by atoms with Gasteiger partial charge in [0, 0.05) is 13.0 Å². The summed E-state index contributed by atoms with van der Waals surface area (Å²) in [6.45, 7) is 2.76. The van der Waals surface area contributed by atoms with Gasteiger partial charge in [0.2, 0.25) is 0 Å². The molecule has 2 N–H and O–H groups in total. The van der Waals surface area contributed by atoms with Gasteiger partial charge in [-0.05, 0) is 29.3 Å². The van der Waals surface area contributed by atoms with Gasteiger partial charge < -0.3 is 5.73 Å². The Bertz CT molecular complexity index is 226. The van der Waals surface area contributed by atoms with Crippen LogP contribution in [0, 0.1) is 0 Å². The lowest BCUT2D eigenvalue weighted by molar-refractivity contribution is 1.10. The fourth-order valence-electron chi connectivity index (χ4n) is 0.861. The van der Waals surface area contributed by atoms with Crippen LogP contribution in [0.25, 0.3) is 0 Å². The highest BCUT2D eigenvalue weighted by atomic mass is 32.1. The second-order valence-electron chi connectivity index (χ2n) is 2.27. The van der Waals surface area contributed by atoms with Gasteiger partial charge in [-0.15, -0.1) is 0 Å². The predicted molar refractivity (Wildman–Crippen MR) is 50.2 cm³/mol. The van der Waals surface area contributed by atoms with Crippen LogP contribution < -0.4 is 5.73 Å². The summed E-state index contributed by atoms with van der Waals surface area (Å²) in [6.07, 6.45) is 0.789. The van der Waals surface area contributed by atoms with Gasteiger partial charge in [-0.2, -0.15) is 11.3 Å². The number of nitrogens with two attached hydrogens (primary N) is 1. The monoisotopic (exact) mass is 168 g/mol. The molecule has 0 aliphatic rings. The van der Waals surface area contributed by atoms with E-state index in [0.717, 1.165) is 18.8 Å². The first-order chi connectivity index (χ1) is 5.33. The minimum atomic E-state index is 0.728. The summed E-state index contributed by atoms with van der Waals surface area (Å²) in [7, 11) is 0. The first-order valence-electron chi connectivity index (χ1n) is 3.62. The molecule has 1 aromatic rings. The molecule has 0 unspecified atom stereocenters. The van der Waals surface area contributed by atoms with E-state index in [-0.39, 0.29) is 0 Å². The van der Waals surface area contributed by atoms with E-state index in [0.29, 0.717) is 0 Å². The second kappa shape index (κ2) is 4.13. The molecule has 60 valence electrons. The van der Waals surface area contributed by atoms with E-state index in [1.54, 1.807) is 11.3 Å². The molecule has 0 saturated heterocycles. The fourth-order valence-corrected chi connectivity index (χ4v) is 1.53. The molecule has 0 bridgehead atoms. The Morgan fingerprint density at radius 2 is 2.55 bits per heavy atom. The summed E-state index contributed by atoms with van der Waals surface area (Å²) in [4.78, 5) is 4.10. The van der Waals surface area contributed by atoms with Crippen LogP contribution in [0.5, 0.6) is 0 Å². The van der Waals surface area contributed by atoms with E-state index in [2.05, 4.69) is 21.8 Å². The molecule has 0 saturated carbocycles. The average Bonchev–Trinajstić information content (AvgIpc) is 2.40. The highest BCUT2D eigenvalue weighted by Crippen LogP contribution is 2.05. The van der Waals surface area contributed by atoms with Gasteiger partial charge in [-0.3, -0.25) is 4.99 Å². The van der Waals surface area contributed by atoms with Gasteiger partial charge in [-0.1, -0.05) is 0 Å². The molecule has 0 aliphatic heterocycles. The van der Waals surface area contributed by atoms with Crippen molar-refractivity contribution in [3.63, 3.8) is 0 Å². The van der Waals surface area contributed by atoms with Crippen LogP contribution in [0.4, 0.5) is 0 Å². The smallest absolute Gasteiger partial charge is 0.0981 e. The van der Waals surface area contributed by atoms with Gasteiger partial charge >= 0.3 is 0 Å². The van der Waals surface area contributed by atoms with Gasteiger partial charge in [0.1, 0.15) is 0 Å². The minimum absolute atomic E-state index is 0.728. The zero-order chi connectivity index (χ0) is 8.10. The van der Waals surface area contributed by atoms with Crippen molar-refractivity contribution in [3.05, 3.63) is 22.4 Å². The van der Waals surface area contributed by atoms with E-state index >= 15 is 0 Å². The number of rotatable bonds is 3. The number of amidine groups is 1. The van der Waals surface area contributed by atoms with Crippen LogP contribution in [0.15, 0.2) is 21.8 Å². The van der Waals surface area contributed by atoms with Crippen LogP contribution in [0.3, 0.4) is 0 Å². The van der Waals surface area contributed by atoms with Gasteiger partial charge in [-0.25, -0.2) is 0 Å². The van der Waals surface area contributed by atoms with Crippen molar-refractivity contribution in [2.24, 2.45) is 10.7 Å². The van der Waals surface area contributed by atoms with Crippen molar-refractivity contribution in [1.82, 2.24) is 0 Å². The summed E-state index contributed by atoms with van der Waals surface area (Å²) in [5, 5.41) is 4.15. The molecular formula is C8H12N2S. The predicted octanol–water partition coefficient (Wildman–Crippen LogP) is 1.67. The van der Waals surface area contributed by atoms with Gasteiger partial charge in [0.05, 0.1) is 5.84 Å². The number of hydrogen-bond acceptors (Lipinski definition) is 2. The summed E-state index contributed by atoms with van der Waals surface area (Å²) in [5.41, 5.74) is 6.88. The van der Waals surface area contributed by atoms with Crippen LogP contribution >= 0.6 is 11.3 Å². The van der Waals surface area contributed by atoms with E-state index in [4.69, 9.17) is 5.73 Å². The van der Waals surface area contributed by atoms with Gasteiger partial charge in [0.15, 0.2) is 0 Å². The largest absolute Gasteiger partial charge is 0.387 e. The van der Waals surface area contributed by atoms with Crippen molar-refractivity contribution >= 4 is 17.2 Å². The Labute approximate surface area is 70.8 Å². The molecule has 0 fully saturated rings. The van der Waals surface area contributed by atoms with Crippen LogP contribution in [-0.4, -0.2) is 12.4 Å². The summed E-state index contributed by atoms with van der Waals surface area (Å²) >= 11 is 1.69. The highest BCUT2D eigenvalue weighted by Gasteiger charge is 1.94. The Kier molecular flexibility index (Phi) is 3.11. The Morgan fingerprint density at radius 3 is 3.09 bits per heavy atom. The zero-order valence-electron chi connectivity index (χ0n) is 6.58. The lowest BCUT2D eigenvalue weighted by Crippen LogP contribution is -2.14. The number of thiophene rings is 1. The van der Waals surface area contributed by atoms with E-state index in [1.807, 2.05) is 6.92 Å². The first-order valence-corrected chi connectivity index (χ1v) is 4.57. The second-order valence-corrected chi connectivity index (χ2v) is 3.05.